The average molecular weight is 280 g/mol. The first-order valence-electron chi connectivity index (χ1n) is 5.68. The van der Waals surface area contributed by atoms with Crippen molar-refractivity contribution in [1.29, 1.82) is 0 Å². The van der Waals surface area contributed by atoms with E-state index in [0.717, 1.165) is 23.1 Å². The Hall–Kier alpha value is -0.870. The van der Waals surface area contributed by atoms with E-state index in [2.05, 4.69) is 42.9 Å². The zero-order valence-electron chi connectivity index (χ0n) is 8.99. The summed E-state index contributed by atoms with van der Waals surface area (Å²) in [5, 5.41) is 3.44. The quantitative estimate of drug-likeness (QED) is 0.870. The number of fused-ring (bicyclic) bond motifs is 1. The minimum absolute atomic E-state index is 0.549. The smallest absolute Gasteiger partial charge is 0.103 e. The first-order chi connectivity index (χ1) is 7.86. The van der Waals surface area contributed by atoms with Crippen molar-refractivity contribution in [2.45, 2.75) is 18.9 Å². The number of hydrogen-bond donors (Lipinski definition) is 1. The Kier molecular flexibility index (Phi) is 2.69. The molecular weight excluding hydrogens is 266 g/mol. The first-order valence-corrected chi connectivity index (χ1v) is 6.47. The Labute approximate surface area is 103 Å². The fourth-order valence-electron chi connectivity index (χ4n) is 2.38. The van der Waals surface area contributed by atoms with Crippen LogP contribution >= 0.6 is 15.9 Å². The Morgan fingerprint density at radius 3 is 3.19 bits per heavy atom. The van der Waals surface area contributed by atoms with Gasteiger partial charge in [-0.15, -0.1) is 0 Å². The molecule has 1 aromatic carbocycles. The summed E-state index contributed by atoms with van der Waals surface area (Å²) in [7, 11) is 0. The second-order valence-electron chi connectivity index (χ2n) is 4.26. The molecule has 16 heavy (non-hydrogen) atoms. The lowest BCUT2D eigenvalue weighted by molar-refractivity contribution is 0.378. The molecule has 2 heterocycles. The zero-order valence-corrected chi connectivity index (χ0v) is 10.6. The molecule has 1 unspecified atom stereocenters. The third-order valence-electron chi connectivity index (χ3n) is 3.22. The monoisotopic (exact) mass is 279 g/mol. The molecule has 1 atom stereocenters. The third kappa shape index (κ3) is 1.66. The number of imidazole rings is 1. The van der Waals surface area contributed by atoms with Gasteiger partial charge < -0.3 is 9.88 Å². The summed E-state index contributed by atoms with van der Waals surface area (Å²) in [6.07, 6.45) is 4.45. The van der Waals surface area contributed by atoms with Crippen LogP contribution in [0.5, 0.6) is 0 Å². The Morgan fingerprint density at radius 2 is 2.38 bits per heavy atom. The van der Waals surface area contributed by atoms with Gasteiger partial charge in [0, 0.05) is 17.1 Å². The molecule has 1 fully saturated rings. The lowest BCUT2D eigenvalue weighted by atomic mass is 10.1. The number of nitrogens with zero attached hydrogens (tertiary/aromatic N) is 2. The van der Waals surface area contributed by atoms with Crippen LogP contribution in [0, 0.1) is 0 Å². The van der Waals surface area contributed by atoms with Gasteiger partial charge in [0.25, 0.3) is 0 Å². The minimum atomic E-state index is 0.549. The number of piperidine rings is 1. The van der Waals surface area contributed by atoms with Gasteiger partial charge in [0.2, 0.25) is 0 Å². The van der Waals surface area contributed by atoms with E-state index in [1.807, 2.05) is 12.4 Å². The molecule has 3 nitrogen and oxygen atoms in total. The van der Waals surface area contributed by atoms with E-state index in [9.17, 15) is 0 Å². The van der Waals surface area contributed by atoms with Crippen molar-refractivity contribution < 1.29 is 0 Å². The van der Waals surface area contributed by atoms with Crippen LogP contribution in [0.1, 0.15) is 18.9 Å². The maximum Gasteiger partial charge on any atom is 0.103 e. The maximum atomic E-state index is 4.48. The summed E-state index contributed by atoms with van der Waals surface area (Å²) in [4.78, 5) is 4.48. The molecule has 0 spiro atoms. The van der Waals surface area contributed by atoms with Crippen LogP contribution in [0.2, 0.25) is 0 Å². The van der Waals surface area contributed by atoms with E-state index in [1.165, 1.54) is 18.4 Å². The van der Waals surface area contributed by atoms with E-state index in [4.69, 9.17) is 0 Å². The van der Waals surface area contributed by atoms with Crippen LogP contribution in [0.15, 0.2) is 29.0 Å². The fourth-order valence-corrected chi connectivity index (χ4v) is 2.84. The van der Waals surface area contributed by atoms with Gasteiger partial charge in [0.15, 0.2) is 0 Å². The van der Waals surface area contributed by atoms with Crippen LogP contribution in [-0.2, 0) is 0 Å². The number of benzene rings is 1. The minimum Gasteiger partial charge on any atom is -0.326 e. The van der Waals surface area contributed by atoms with Gasteiger partial charge in [-0.1, -0.05) is 6.07 Å². The van der Waals surface area contributed by atoms with E-state index >= 15 is 0 Å². The van der Waals surface area contributed by atoms with E-state index in [0.29, 0.717) is 6.04 Å². The molecular formula is C12H14BrN3. The molecule has 2 aromatic rings. The van der Waals surface area contributed by atoms with Crippen LogP contribution in [-0.4, -0.2) is 22.6 Å². The number of rotatable bonds is 1. The molecule has 0 amide bonds. The molecule has 1 N–H and O–H groups in total. The highest BCUT2D eigenvalue weighted by atomic mass is 79.9. The summed E-state index contributed by atoms with van der Waals surface area (Å²) in [5.74, 6) is 0. The summed E-state index contributed by atoms with van der Waals surface area (Å²) in [5.41, 5.74) is 2.29. The van der Waals surface area contributed by atoms with Crippen molar-refractivity contribution in [2.24, 2.45) is 0 Å². The van der Waals surface area contributed by atoms with Gasteiger partial charge in [-0.3, -0.25) is 0 Å². The second-order valence-corrected chi connectivity index (χ2v) is 5.11. The van der Waals surface area contributed by atoms with E-state index < -0.39 is 0 Å². The molecule has 1 aliphatic rings. The van der Waals surface area contributed by atoms with Crippen molar-refractivity contribution in [3.8, 4) is 0 Å². The molecule has 0 bridgehead atoms. The highest BCUT2D eigenvalue weighted by Crippen LogP contribution is 2.26. The highest BCUT2D eigenvalue weighted by Gasteiger charge is 2.17. The van der Waals surface area contributed by atoms with Gasteiger partial charge >= 0.3 is 0 Å². The lowest BCUT2D eigenvalue weighted by Crippen LogP contribution is -2.31. The molecule has 3 rings (SSSR count). The average Bonchev–Trinajstić information content (AvgIpc) is 2.75. The van der Waals surface area contributed by atoms with Crippen molar-refractivity contribution in [1.82, 2.24) is 14.9 Å². The van der Waals surface area contributed by atoms with Gasteiger partial charge in [0.1, 0.15) is 5.52 Å². The maximum absolute atomic E-state index is 4.48. The molecule has 1 saturated heterocycles. The summed E-state index contributed by atoms with van der Waals surface area (Å²) < 4.78 is 3.37. The van der Waals surface area contributed by atoms with Crippen LogP contribution in [0.4, 0.5) is 0 Å². The zero-order chi connectivity index (χ0) is 11.0. The van der Waals surface area contributed by atoms with Crippen molar-refractivity contribution in [3.05, 3.63) is 29.0 Å². The summed E-state index contributed by atoms with van der Waals surface area (Å²) in [6, 6.07) is 6.80. The second kappa shape index (κ2) is 4.18. The Morgan fingerprint density at radius 1 is 1.44 bits per heavy atom. The standard InChI is InChI=1S/C12H14BrN3/c13-10-4-1-5-11-12(10)15-8-16(11)9-3-2-6-14-7-9/h1,4-5,8-9,14H,2-3,6-7H2. The Balaban J connectivity index is 2.06. The molecule has 0 aliphatic carbocycles. The largest absolute Gasteiger partial charge is 0.326 e. The topological polar surface area (TPSA) is 29.9 Å². The molecule has 84 valence electrons. The SMILES string of the molecule is Brc1cccc2c1ncn2C1CCCNC1. The first kappa shape index (κ1) is 10.3. The normalized spacial score (nSPS) is 21.4. The summed E-state index contributed by atoms with van der Waals surface area (Å²) >= 11 is 3.54. The van der Waals surface area contributed by atoms with Gasteiger partial charge in [-0.25, -0.2) is 4.98 Å². The van der Waals surface area contributed by atoms with E-state index in [-0.39, 0.29) is 0 Å². The molecule has 1 aliphatic heterocycles. The predicted molar refractivity (Wildman–Crippen MR) is 68.6 cm³/mol. The van der Waals surface area contributed by atoms with Gasteiger partial charge in [-0.05, 0) is 47.4 Å². The number of aromatic nitrogens is 2. The Bertz CT molecular complexity index is 500. The van der Waals surface area contributed by atoms with Gasteiger partial charge in [0.05, 0.1) is 11.8 Å². The van der Waals surface area contributed by atoms with Crippen molar-refractivity contribution in [3.63, 3.8) is 0 Å². The number of para-hydroxylation sites is 1. The third-order valence-corrected chi connectivity index (χ3v) is 3.86. The van der Waals surface area contributed by atoms with Crippen molar-refractivity contribution >= 4 is 27.0 Å². The van der Waals surface area contributed by atoms with Crippen LogP contribution < -0.4 is 5.32 Å². The molecule has 0 saturated carbocycles. The van der Waals surface area contributed by atoms with Crippen LogP contribution in [0.3, 0.4) is 0 Å². The molecule has 0 radical (unpaired) electrons. The summed E-state index contributed by atoms with van der Waals surface area (Å²) in [6.45, 7) is 2.20. The van der Waals surface area contributed by atoms with Crippen molar-refractivity contribution in [2.75, 3.05) is 13.1 Å². The number of nitrogens with one attached hydrogen (secondary N) is 1. The van der Waals surface area contributed by atoms with Gasteiger partial charge in [-0.2, -0.15) is 0 Å². The van der Waals surface area contributed by atoms with Crippen LogP contribution in [0.25, 0.3) is 11.0 Å². The molecule has 4 heteroatoms. The predicted octanol–water partition coefficient (Wildman–Crippen LogP) is 2.72. The number of hydrogen-bond acceptors (Lipinski definition) is 2. The highest BCUT2D eigenvalue weighted by molar-refractivity contribution is 9.10. The number of halogens is 1. The molecule has 1 aromatic heterocycles. The lowest BCUT2D eigenvalue weighted by Gasteiger charge is -2.24. The van der Waals surface area contributed by atoms with E-state index in [1.54, 1.807) is 0 Å². The fraction of sp³-hybridized carbons (Fsp3) is 0.417.